The van der Waals surface area contributed by atoms with Gasteiger partial charge in [-0.15, -0.1) is 5.10 Å². The van der Waals surface area contributed by atoms with Crippen molar-refractivity contribution in [3.63, 3.8) is 0 Å². The lowest BCUT2D eigenvalue weighted by Crippen LogP contribution is -1.95. The molecule has 0 saturated carbocycles. The number of hydrogen-bond donors (Lipinski definition) is 0. The minimum atomic E-state index is -0.414. The molecule has 9 heteroatoms. The Morgan fingerprint density at radius 1 is 1.35 bits per heavy atom. The molecular formula is C11H8N6O2S. The molecule has 0 aliphatic rings. The molecule has 0 aliphatic carbocycles. The van der Waals surface area contributed by atoms with Gasteiger partial charge in [0.2, 0.25) is 5.16 Å². The third-order valence-electron chi connectivity index (χ3n) is 2.69. The predicted octanol–water partition coefficient (Wildman–Crippen LogP) is 1.82. The molecule has 0 saturated heterocycles. The molecule has 0 fully saturated rings. The van der Waals surface area contributed by atoms with Crippen LogP contribution in [0.3, 0.4) is 0 Å². The van der Waals surface area contributed by atoms with Gasteiger partial charge in [0, 0.05) is 24.2 Å². The first kappa shape index (κ1) is 12.5. The number of aromatic nitrogens is 5. The first-order chi connectivity index (χ1) is 9.66. The molecule has 3 rings (SSSR count). The van der Waals surface area contributed by atoms with E-state index >= 15 is 0 Å². The molecule has 3 aromatic rings. The zero-order chi connectivity index (χ0) is 14.1. The van der Waals surface area contributed by atoms with Crippen LogP contribution in [0.15, 0.2) is 40.5 Å². The Morgan fingerprint density at radius 2 is 2.20 bits per heavy atom. The number of nitro benzene ring substituents is 1. The summed E-state index contributed by atoms with van der Waals surface area (Å²) >= 11 is 1.31. The fourth-order valence-electron chi connectivity index (χ4n) is 1.78. The van der Waals surface area contributed by atoms with E-state index in [1.54, 1.807) is 31.4 Å². The van der Waals surface area contributed by atoms with Gasteiger partial charge in [0.15, 0.2) is 0 Å². The number of nitro groups is 1. The summed E-state index contributed by atoms with van der Waals surface area (Å²) in [6, 6.07) is 6.48. The van der Waals surface area contributed by atoms with Crippen molar-refractivity contribution >= 4 is 28.4 Å². The van der Waals surface area contributed by atoms with E-state index in [2.05, 4.69) is 20.5 Å². The molecule has 8 nitrogen and oxygen atoms in total. The minimum Gasteiger partial charge on any atom is -0.258 e. The lowest BCUT2D eigenvalue weighted by atomic mass is 10.2. The summed E-state index contributed by atoms with van der Waals surface area (Å²) in [6.45, 7) is 0. The van der Waals surface area contributed by atoms with Crippen LogP contribution in [0.25, 0.3) is 10.9 Å². The number of aryl methyl sites for hydroxylation is 1. The first-order valence-corrected chi connectivity index (χ1v) is 6.41. The van der Waals surface area contributed by atoms with Crippen LogP contribution < -0.4 is 0 Å². The molecule has 0 bridgehead atoms. The molecule has 100 valence electrons. The maximum atomic E-state index is 11.0. The summed E-state index contributed by atoms with van der Waals surface area (Å²) in [4.78, 5) is 15.6. The summed E-state index contributed by atoms with van der Waals surface area (Å²) in [7, 11) is 1.73. The molecule has 0 atom stereocenters. The standard InChI is InChI=1S/C11H8N6O2S/c1-16-11(13-14-15-16)20-9-5-4-8(17(18)19)7-3-2-6-12-10(7)9/h2-6H,1H3. The van der Waals surface area contributed by atoms with Crippen molar-refractivity contribution < 1.29 is 4.92 Å². The third kappa shape index (κ3) is 2.07. The quantitative estimate of drug-likeness (QED) is 0.535. The van der Waals surface area contributed by atoms with E-state index in [9.17, 15) is 10.1 Å². The Labute approximate surface area is 117 Å². The van der Waals surface area contributed by atoms with Gasteiger partial charge in [-0.3, -0.25) is 15.1 Å². The van der Waals surface area contributed by atoms with Crippen LogP contribution >= 0.6 is 11.8 Å². The van der Waals surface area contributed by atoms with E-state index in [4.69, 9.17) is 0 Å². The molecule has 0 aliphatic heterocycles. The fraction of sp³-hybridized carbons (Fsp3) is 0.0909. The van der Waals surface area contributed by atoms with Crippen molar-refractivity contribution in [2.24, 2.45) is 7.05 Å². The number of hydrogen-bond acceptors (Lipinski definition) is 7. The summed E-state index contributed by atoms with van der Waals surface area (Å²) in [5, 5.41) is 23.3. The van der Waals surface area contributed by atoms with Crippen molar-refractivity contribution in [3.05, 3.63) is 40.6 Å². The summed E-state index contributed by atoms with van der Waals surface area (Å²) in [5.74, 6) is 0. The van der Waals surface area contributed by atoms with Crippen molar-refractivity contribution in [1.29, 1.82) is 0 Å². The van der Waals surface area contributed by atoms with Crippen LogP contribution in [-0.4, -0.2) is 30.1 Å². The number of benzene rings is 1. The highest BCUT2D eigenvalue weighted by Crippen LogP contribution is 2.34. The van der Waals surface area contributed by atoms with Crippen molar-refractivity contribution in [2.75, 3.05) is 0 Å². The highest BCUT2D eigenvalue weighted by molar-refractivity contribution is 7.99. The topological polar surface area (TPSA) is 99.6 Å². The van der Waals surface area contributed by atoms with E-state index in [0.29, 0.717) is 16.1 Å². The molecule has 0 amide bonds. The third-order valence-corrected chi connectivity index (χ3v) is 3.77. The number of fused-ring (bicyclic) bond motifs is 1. The van der Waals surface area contributed by atoms with E-state index in [0.717, 1.165) is 4.90 Å². The summed E-state index contributed by atoms with van der Waals surface area (Å²) in [6.07, 6.45) is 1.60. The average Bonchev–Trinajstić information content (AvgIpc) is 2.84. The van der Waals surface area contributed by atoms with Gasteiger partial charge in [-0.2, -0.15) is 0 Å². The fourth-order valence-corrected chi connectivity index (χ4v) is 2.62. The van der Waals surface area contributed by atoms with Crippen LogP contribution in [0.5, 0.6) is 0 Å². The lowest BCUT2D eigenvalue weighted by molar-refractivity contribution is -0.383. The highest BCUT2D eigenvalue weighted by atomic mass is 32.2. The van der Waals surface area contributed by atoms with E-state index < -0.39 is 4.92 Å². The van der Waals surface area contributed by atoms with Crippen molar-refractivity contribution in [2.45, 2.75) is 10.1 Å². The van der Waals surface area contributed by atoms with Gasteiger partial charge in [0.25, 0.3) is 5.69 Å². The van der Waals surface area contributed by atoms with E-state index in [-0.39, 0.29) is 5.69 Å². The molecule has 2 aromatic heterocycles. The second-order valence-corrected chi connectivity index (χ2v) is 4.94. The predicted molar refractivity (Wildman–Crippen MR) is 71.3 cm³/mol. The molecule has 0 N–H and O–H groups in total. The smallest absolute Gasteiger partial charge is 0.258 e. The average molecular weight is 288 g/mol. The zero-order valence-electron chi connectivity index (χ0n) is 10.3. The Bertz CT molecular complexity index is 802. The Balaban J connectivity index is 2.15. The van der Waals surface area contributed by atoms with Gasteiger partial charge in [0.05, 0.1) is 15.8 Å². The summed E-state index contributed by atoms with van der Waals surface area (Å²) in [5.41, 5.74) is 0.600. The number of tetrazole rings is 1. The lowest BCUT2D eigenvalue weighted by Gasteiger charge is -2.04. The molecule has 2 heterocycles. The zero-order valence-corrected chi connectivity index (χ0v) is 11.1. The van der Waals surface area contributed by atoms with Gasteiger partial charge in [-0.25, -0.2) is 4.68 Å². The number of rotatable bonds is 3. The molecule has 0 spiro atoms. The number of pyridine rings is 1. The normalized spacial score (nSPS) is 10.8. The van der Waals surface area contributed by atoms with Gasteiger partial charge < -0.3 is 0 Å². The Morgan fingerprint density at radius 3 is 2.90 bits per heavy atom. The second-order valence-electron chi connectivity index (χ2n) is 3.93. The molecule has 20 heavy (non-hydrogen) atoms. The van der Waals surface area contributed by atoms with Gasteiger partial charge in [0.1, 0.15) is 0 Å². The largest absolute Gasteiger partial charge is 0.278 e. The van der Waals surface area contributed by atoms with Crippen LogP contribution in [0.4, 0.5) is 5.69 Å². The summed E-state index contributed by atoms with van der Waals surface area (Å²) < 4.78 is 1.53. The van der Waals surface area contributed by atoms with E-state index in [1.165, 1.54) is 22.5 Å². The SMILES string of the molecule is Cn1nnnc1Sc1ccc([N+](=O)[O-])c2cccnc12. The van der Waals surface area contributed by atoms with Gasteiger partial charge >= 0.3 is 0 Å². The van der Waals surface area contributed by atoms with Gasteiger partial charge in [-0.1, -0.05) is 0 Å². The van der Waals surface area contributed by atoms with Gasteiger partial charge in [-0.05, 0) is 40.4 Å². The molecular weight excluding hydrogens is 280 g/mol. The Kier molecular flexibility index (Phi) is 3.03. The van der Waals surface area contributed by atoms with Crippen LogP contribution in [0, 0.1) is 10.1 Å². The monoisotopic (exact) mass is 288 g/mol. The minimum absolute atomic E-state index is 0.0357. The first-order valence-electron chi connectivity index (χ1n) is 5.59. The van der Waals surface area contributed by atoms with Crippen LogP contribution in [0.2, 0.25) is 0 Å². The number of non-ortho nitro benzene ring substituents is 1. The van der Waals surface area contributed by atoms with Crippen LogP contribution in [-0.2, 0) is 7.05 Å². The van der Waals surface area contributed by atoms with Crippen LogP contribution in [0.1, 0.15) is 0 Å². The number of nitrogens with zero attached hydrogens (tertiary/aromatic N) is 6. The highest BCUT2D eigenvalue weighted by Gasteiger charge is 2.16. The Hall–Kier alpha value is -2.55. The van der Waals surface area contributed by atoms with Crippen molar-refractivity contribution in [1.82, 2.24) is 25.2 Å². The maximum absolute atomic E-state index is 11.0. The second kappa shape index (κ2) is 4.85. The maximum Gasteiger partial charge on any atom is 0.278 e. The van der Waals surface area contributed by atoms with Crippen molar-refractivity contribution in [3.8, 4) is 0 Å². The van der Waals surface area contributed by atoms with E-state index in [1.807, 2.05) is 0 Å². The molecule has 0 radical (unpaired) electrons. The molecule has 0 unspecified atom stereocenters. The molecule has 1 aromatic carbocycles.